The lowest BCUT2D eigenvalue weighted by Crippen LogP contribution is -2.64. The molecule has 4 rings (SSSR count). The summed E-state index contributed by atoms with van der Waals surface area (Å²) in [5, 5.41) is 0. The molecule has 3 unspecified atom stereocenters. The second-order valence-electron chi connectivity index (χ2n) is 13.3. The number of nitrogens with zero attached hydrogens (tertiary/aromatic N) is 1. The normalized spacial score (nSPS) is 25.6. The summed E-state index contributed by atoms with van der Waals surface area (Å²) in [4.78, 5) is 29.9. The summed E-state index contributed by atoms with van der Waals surface area (Å²) in [6.45, 7) is 15.7. The van der Waals surface area contributed by atoms with Crippen molar-refractivity contribution in [3.8, 4) is 0 Å². The molecular formula is C33H46BNO6. The molecule has 2 aliphatic heterocycles. The van der Waals surface area contributed by atoms with Crippen LogP contribution in [0, 0.1) is 0 Å². The highest BCUT2D eigenvalue weighted by Crippen LogP contribution is 2.49. The van der Waals surface area contributed by atoms with Crippen molar-refractivity contribution in [3.05, 3.63) is 71.8 Å². The van der Waals surface area contributed by atoms with Crippen molar-refractivity contribution in [3.63, 3.8) is 0 Å². The molecule has 2 aromatic carbocycles. The molecule has 41 heavy (non-hydrogen) atoms. The number of hydrogen-bond donors (Lipinski definition) is 0. The predicted octanol–water partition coefficient (Wildman–Crippen LogP) is 7.67. The highest BCUT2D eigenvalue weighted by molar-refractivity contribution is 6.45. The maximum Gasteiger partial charge on any atom is 0.457 e. The van der Waals surface area contributed by atoms with E-state index < -0.39 is 46.6 Å². The van der Waals surface area contributed by atoms with Gasteiger partial charge in [-0.05, 0) is 78.8 Å². The maximum atomic E-state index is 14.1. The number of unbranched alkanes of at least 4 members (excludes halogenated alkanes) is 1. The number of hydrogen-bond acceptors (Lipinski definition) is 6. The van der Waals surface area contributed by atoms with E-state index in [1.807, 2.05) is 116 Å². The van der Waals surface area contributed by atoms with Crippen molar-refractivity contribution in [2.45, 2.75) is 122 Å². The molecule has 0 bridgehead atoms. The Kier molecular flexibility index (Phi) is 8.96. The summed E-state index contributed by atoms with van der Waals surface area (Å²) in [7, 11) is -0.308. The van der Waals surface area contributed by atoms with Gasteiger partial charge in [0.05, 0.1) is 11.2 Å². The molecule has 1 amide bonds. The quantitative estimate of drug-likeness (QED) is 0.186. The fraction of sp³-hybridized carbons (Fsp3) is 0.576. The number of rotatable bonds is 8. The van der Waals surface area contributed by atoms with E-state index in [4.69, 9.17) is 18.8 Å². The highest BCUT2D eigenvalue weighted by Gasteiger charge is 2.58. The number of carbonyl (C=O) groups is 2. The van der Waals surface area contributed by atoms with E-state index in [1.54, 1.807) is 4.90 Å². The lowest BCUT2D eigenvalue weighted by atomic mass is 9.78. The lowest BCUT2D eigenvalue weighted by Gasteiger charge is -2.52. The Bertz CT molecular complexity index is 1180. The SMILES string of the molecule is CCC1(CCCCB2OC(C)(C)C(C)(C)O2)C(=O)OC(c2ccccc2)C(c2ccccc2)N1C(=O)OC(C)(C)C. The van der Waals surface area contributed by atoms with E-state index in [-0.39, 0.29) is 7.12 Å². The number of morpholine rings is 1. The zero-order valence-electron chi connectivity index (χ0n) is 25.9. The maximum absolute atomic E-state index is 14.1. The highest BCUT2D eigenvalue weighted by atomic mass is 16.7. The van der Waals surface area contributed by atoms with Gasteiger partial charge < -0.3 is 18.8 Å². The Morgan fingerprint density at radius 3 is 1.95 bits per heavy atom. The summed E-state index contributed by atoms with van der Waals surface area (Å²) in [5.74, 6) is -0.400. The van der Waals surface area contributed by atoms with Crippen LogP contribution >= 0.6 is 0 Å². The smallest absolute Gasteiger partial charge is 0.453 e. The zero-order valence-corrected chi connectivity index (χ0v) is 25.9. The summed E-state index contributed by atoms with van der Waals surface area (Å²) in [5.41, 5.74) is -0.998. The van der Waals surface area contributed by atoms with E-state index in [0.717, 1.165) is 17.5 Å². The van der Waals surface area contributed by atoms with Crippen LogP contribution in [-0.4, -0.2) is 46.4 Å². The average molecular weight is 564 g/mol. The average Bonchev–Trinajstić information content (AvgIpc) is 3.12. The molecule has 3 atom stereocenters. The van der Waals surface area contributed by atoms with Gasteiger partial charge in [-0.1, -0.05) is 80.4 Å². The van der Waals surface area contributed by atoms with E-state index in [9.17, 15) is 9.59 Å². The van der Waals surface area contributed by atoms with Gasteiger partial charge in [-0.2, -0.15) is 0 Å². The largest absolute Gasteiger partial charge is 0.457 e. The standard InChI is InChI=1S/C33H46BNO6/c1-9-33(22-16-17-23-34-40-31(5,6)32(7,8)41-34)28(36)38-27(25-20-14-11-15-21-25)26(24-18-12-10-13-19-24)35(33)29(37)39-30(2,3)4/h10-15,18-21,26-27H,9,16-17,22-23H2,1-8H3. The van der Waals surface area contributed by atoms with Crippen LogP contribution in [0.5, 0.6) is 0 Å². The number of ether oxygens (including phenoxy) is 2. The van der Waals surface area contributed by atoms with Crippen LogP contribution in [0.4, 0.5) is 4.79 Å². The second-order valence-corrected chi connectivity index (χ2v) is 13.3. The first-order valence-electron chi connectivity index (χ1n) is 14.9. The van der Waals surface area contributed by atoms with Crippen molar-refractivity contribution >= 4 is 19.2 Å². The molecule has 8 heteroatoms. The molecule has 0 N–H and O–H groups in total. The van der Waals surface area contributed by atoms with Gasteiger partial charge in [0.1, 0.15) is 17.2 Å². The minimum Gasteiger partial charge on any atom is -0.453 e. The van der Waals surface area contributed by atoms with Crippen LogP contribution in [0.25, 0.3) is 0 Å². The van der Waals surface area contributed by atoms with Gasteiger partial charge in [0.15, 0.2) is 6.10 Å². The second kappa shape index (κ2) is 11.8. The number of cyclic esters (lactones) is 1. The van der Waals surface area contributed by atoms with Crippen LogP contribution in [0.2, 0.25) is 6.32 Å². The zero-order chi connectivity index (χ0) is 30.1. The molecule has 2 fully saturated rings. The van der Waals surface area contributed by atoms with Gasteiger partial charge >= 0.3 is 19.2 Å². The van der Waals surface area contributed by atoms with Crippen molar-refractivity contribution in [1.82, 2.24) is 4.90 Å². The van der Waals surface area contributed by atoms with Crippen molar-refractivity contribution < 1.29 is 28.4 Å². The van der Waals surface area contributed by atoms with Crippen LogP contribution in [-0.2, 0) is 23.6 Å². The number of amides is 1. The Balaban J connectivity index is 1.67. The van der Waals surface area contributed by atoms with E-state index in [1.165, 1.54) is 0 Å². The molecule has 7 nitrogen and oxygen atoms in total. The number of carbonyl (C=O) groups excluding carboxylic acids is 2. The topological polar surface area (TPSA) is 74.3 Å². The molecule has 2 aliphatic rings. The molecule has 0 spiro atoms. The Labute approximate surface area is 246 Å². The third-order valence-electron chi connectivity index (χ3n) is 8.67. The molecule has 2 heterocycles. The molecule has 0 aromatic heterocycles. The van der Waals surface area contributed by atoms with Gasteiger partial charge in [-0.3, -0.25) is 4.90 Å². The monoisotopic (exact) mass is 563 g/mol. The fourth-order valence-electron chi connectivity index (χ4n) is 5.78. The minimum absolute atomic E-state index is 0.308. The van der Waals surface area contributed by atoms with Crippen molar-refractivity contribution in [2.75, 3.05) is 0 Å². The Morgan fingerprint density at radius 1 is 0.902 bits per heavy atom. The first kappa shape index (κ1) is 31.1. The van der Waals surface area contributed by atoms with Crippen molar-refractivity contribution in [1.29, 1.82) is 0 Å². The fourth-order valence-corrected chi connectivity index (χ4v) is 5.78. The predicted molar refractivity (Wildman–Crippen MR) is 160 cm³/mol. The third-order valence-corrected chi connectivity index (χ3v) is 8.67. The van der Waals surface area contributed by atoms with Gasteiger partial charge in [0, 0.05) is 0 Å². The molecule has 0 radical (unpaired) electrons. The van der Waals surface area contributed by atoms with E-state index in [2.05, 4.69) is 0 Å². The molecule has 2 aromatic rings. The molecular weight excluding hydrogens is 517 g/mol. The summed E-state index contributed by atoms with van der Waals surface area (Å²) < 4.78 is 24.7. The van der Waals surface area contributed by atoms with Crippen LogP contribution < -0.4 is 0 Å². The molecule has 0 saturated carbocycles. The summed E-state index contributed by atoms with van der Waals surface area (Å²) in [6, 6.07) is 18.9. The van der Waals surface area contributed by atoms with Crippen LogP contribution in [0.1, 0.15) is 104 Å². The third kappa shape index (κ3) is 6.49. The van der Waals surface area contributed by atoms with Crippen LogP contribution in [0.3, 0.4) is 0 Å². The Hall–Kier alpha value is -2.84. The first-order chi connectivity index (χ1) is 19.2. The summed E-state index contributed by atoms with van der Waals surface area (Å²) in [6.07, 6.45) is 1.79. The van der Waals surface area contributed by atoms with E-state index in [0.29, 0.717) is 25.6 Å². The van der Waals surface area contributed by atoms with Gasteiger partial charge in [-0.25, -0.2) is 9.59 Å². The number of benzene rings is 2. The van der Waals surface area contributed by atoms with Gasteiger partial charge in [0.25, 0.3) is 0 Å². The van der Waals surface area contributed by atoms with Crippen molar-refractivity contribution in [2.24, 2.45) is 0 Å². The first-order valence-corrected chi connectivity index (χ1v) is 14.9. The molecule has 2 saturated heterocycles. The van der Waals surface area contributed by atoms with Crippen LogP contribution in [0.15, 0.2) is 60.7 Å². The minimum atomic E-state index is -1.19. The molecule has 0 aliphatic carbocycles. The Morgan fingerprint density at radius 2 is 1.44 bits per heavy atom. The lowest BCUT2D eigenvalue weighted by molar-refractivity contribution is -0.190. The molecule has 222 valence electrons. The summed E-state index contributed by atoms with van der Waals surface area (Å²) >= 11 is 0. The van der Waals surface area contributed by atoms with E-state index >= 15 is 0 Å². The number of esters is 1. The van der Waals surface area contributed by atoms with Gasteiger partial charge in [0.2, 0.25) is 0 Å². The van der Waals surface area contributed by atoms with Gasteiger partial charge in [-0.15, -0.1) is 0 Å².